The van der Waals surface area contributed by atoms with Crippen molar-refractivity contribution in [2.24, 2.45) is 14.1 Å². The molecule has 0 N–H and O–H groups in total. The Bertz CT molecular complexity index is 1110. The van der Waals surface area contributed by atoms with Crippen molar-refractivity contribution >= 4 is 28.9 Å². The molecule has 0 bridgehead atoms. The van der Waals surface area contributed by atoms with Crippen molar-refractivity contribution < 1.29 is 0 Å². The summed E-state index contributed by atoms with van der Waals surface area (Å²) in [7, 11) is 3.18. The molecule has 154 valence electrons. The molecule has 1 aliphatic rings. The Hall–Kier alpha value is -2.62. The van der Waals surface area contributed by atoms with E-state index in [1.807, 2.05) is 4.57 Å². The summed E-state index contributed by atoms with van der Waals surface area (Å²) in [6.45, 7) is 2.40. The third kappa shape index (κ3) is 3.81. The van der Waals surface area contributed by atoms with E-state index >= 15 is 0 Å². The predicted octanol–water partition coefficient (Wildman–Crippen LogP) is 1.40. The van der Waals surface area contributed by atoms with Crippen LogP contribution in [0.3, 0.4) is 0 Å². The summed E-state index contributed by atoms with van der Waals surface area (Å²) in [5, 5.41) is 0.702. The number of fused-ring (bicyclic) bond motifs is 1. The van der Waals surface area contributed by atoms with Crippen molar-refractivity contribution in [2.75, 3.05) is 23.7 Å². The molecule has 3 aromatic heterocycles. The number of nitrogens with zero attached hydrogens (tertiary/aromatic N) is 7. The molecule has 4 heterocycles. The van der Waals surface area contributed by atoms with E-state index in [0.29, 0.717) is 28.6 Å². The second-order valence-corrected chi connectivity index (χ2v) is 8.28. The molecule has 0 spiro atoms. The Morgan fingerprint density at radius 2 is 1.69 bits per heavy atom. The van der Waals surface area contributed by atoms with E-state index in [-0.39, 0.29) is 11.2 Å². The Morgan fingerprint density at radius 3 is 2.38 bits per heavy atom. The summed E-state index contributed by atoms with van der Waals surface area (Å²) in [6.07, 6.45) is 8.06. The lowest BCUT2D eigenvalue weighted by molar-refractivity contribution is 0.692. The minimum absolute atomic E-state index is 0.308. The van der Waals surface area contributed by atoms with Gasteiger partial charge >= 0.3 is 5.69 Å². The topological polar surface area (TPSA) is 90.8 Å². The minimum Gasteiger partial charge on any atom is -0.342 e. The van der Waals surface area contributed by atoms with Crippen molar-refractivity contribution in [1.82, 2.24) is 28.7 Å². The average Bonchev–Trinajstić information content (AvgIpc) is 2.91. The van der Waals surface area contributed by atoms with Crippen LogP contribution in [0.25, 0.3) is 11.2 Å². The van der Waals surface area contributed by atoms with E-state index in [2.05, 4.69) is 14.9 Å². The lowest BCUT2D eigenvalue weighted by Gasteiger charge is -2.22. The quantitative estimate of drug-likeness (QED) is 0.459. The van der Waals surface area contributed by atoms with Gasteiger partial charge in [-0.2, -0.15) is 4.98 Å². The molecule has 0 amide bonds. The molecule has 10 heteroatoms. The van der Waals surface area contributed by atoms with Crippen molar-refractivity contribution in [3.8, 4) is 0 Å². The van der Waals surface area contributed by atoms with Gasteiger partial charge in [-0.1, -0.05) is 24.6 Å². The van der Waals surface area contributed by atoms with Crippen molar-refractivity contribution in [1.29, 1.82) is 0 Å². The van der Waals surface area contributed by atoms with Gasteiger partial charge < -0.3 is 9.47 Å². The van der Waals surface area contributed by atoms with Gasteiger partial charge in [-0.15, -0.1) is 0 Å². The fourth-order valence-electron chi connectivity index (χ4n) is 3.75. The molecule has 29 heavy (non-hydrogen) atoms. The van der Waals surface area contributed by atoms with Gasteiger partial charge in [0, 0.05) is 51.9 Å². The molecule has 0 aliphatic carbocycles. The van der Waals surface area contributed by atoms with Crippen LogP contribution in [-0.4, -0.2) is 47.5 Å². The largest absolute Gasteiger partial charge is 0.342 e. The monoisotopic (exact) mass is 415 g/mol. The second kappa shape index (κ2) is 8.40. The number of thioether (sulfide) groups is 1. The minimum atomic E-state index is -0.360. The molecule has 9 nitrogen and oxygen atoms in total. The van der Waals surface area contributed by atoms with Crippen LogP contribution in [0.4, 0.5) is 5.95 Å². The number of rotatable bonds is 5. The summed E-state index contributed by atoms with van der Waals surface area (Å²) < 4.78 is 4.58. The zero-order chi connectivity index (χ0) is 20.4. The molecule has 0 atom stereocenters. The smallest absolute Gasteiger partial charge is 0.332 e. The van der Waals surface area contributed by atoms with Gasteiger partial charge in [0.1, 0.15) is 0 Å². The molecular formula is C19H25N7O2S. The second-order valence-electron chi connectivity index (χ2n) is 7.22. The lowest BCUT2D eigenvalue weighted by Crippen LogP contribution is -2.37. The number of anilines is 1. The van der Waals surface area contributed by atoms with Gasteiger partial charge in [-0.3, -0.25) is 13.9 Å². The standard InChI is InChI=1S/C19H25N7O2S/c1-23-15-14(16(27)24(2)19(23)28)26(12-13-29-17-20-8-7-9-21-17)18(22-15)25-10-5-3-4-6-11-25/h7-9H,3-6,10-13H2,1-2H3. The van der Waals surface area contributed by atoms with Gasteiger partial charge in [-0.25, -0.2) is 14.8 Å². The van der Waals surface area contributed by atoms with Crippen LogP contribution in [0.1, 0.15) is 25.7 Å². The first-order valence-corrected chi connectivity index (χ1v) is 10.9. The highest BCUT2D eigenvalue weighted by Crippen LogP contribution is 2.24. The molecule has 4 rings (SSSR count). The van der Waals surface area contributed by atoms with Gasteiger partial charge in [0.25, 0.3) is 5.56 Å². The van der Waals surface area contributed by atoms with Crippen LogP contribution in [0, 0.1) is 0 Å². The zero-order valence-electron chi connectivity index (χ0n) is 16.7. The summed E-state index contributed by atoms with van der Waals surface area (Å²) >= 11 is 1.54. The number of aromatic nitrogens is 6. The highest BCUT2D eigenvalue weighted by molar-refractivity contribution is 7.99. The predicted molar refractivity (Wildman–Crippen MR) is 114 cm³/mol. The number of imidazole rings is 1. The van der Waals surface area contributed by atoms with Crippen molar-refractivity contribution in [2.45, 2.75) is 37.4 Å². The summed E-state index contributed by atoms with van der Waals surface area (Å²) in [6, 6.07) is 1.79. The zero-order valence-corrected chi connectivity index (χ0v) is 17.6. The summed E-state index contributed by atoms with van der Waals surface area (Å²) in [5.74, 6) is 1.47. The Morgan fingerprint density at radius 1 is 1.00 bits per heavy atom. The Labute approximate surface area is 172 Å². The first-order valence-electron chi connectivity index (χ1n) is 9.89. The number of hydrogen-bond donors (Lipinski definition) is 0. The maximum absolute atomic E-state index is 13.0. The number of aryl methyl sites for hydroxylation is 2. The normalized spacial score (nSPS) is 15.0. The van der Waals surface area contributed by atoms with Crippen molar-refractivity contribution in [3.63, 3.8) is 0 Å². The van der Waals surface area contributed by atoms with Gasteiger partial charge in [-0.05, 0) is 18.9 Å². The van der Waals surface area contributed by atoms with Gasteiger partial charge in [0.15, 0.2) is 16.3 Å². The fraction of sp³-hybridized carbons (Fsp3) is 0.526. The summed E-state index contributed by atoms with van der Waals surface area (Å²) in [4.78, 5) is 40.9. The Kier molecular flexibility index (Phi) is 5.70. The van der Waals surface area contributed by atoms with E-state index < -0.39 is 0 Å². The van der Waals surface area contributed by atoms with E-state index in [9.17, 15) is 9.59 Å². The van der Waals surface area contributed by atoms with E-state index in [0.717, 1.165) is 36.4 Å². The average molecular weight is 416 g/mol. The molecule has 1 saturated heterocycles. The first kappa shape index (κ1) is 19.7. The van der Waals surface area contributed by atoms with E-state index in [1.54, 1.807) is 25.5 Å². The molecule has 0 saturated carbocycles. The highest BCUT2D eigenvalue weighted by atomic mass is 32.2. The van der Waals surface area contributed by atoms with Crippen LogP contribution in [0.15, 0.2) is 33.2 Å². The van der Waals surface area contributed by atoms with Crippen LogP contribution < -0.4 is 16.1 Å². The summed E-state index contributed by atoms with van der Waals surface area (Å²) in [5.41, 5.74) is 0.251. The van der Waals surface area contributed by atoms with Crippen LogP contribution in [-0.2, 0) is 20.6 Å². The lowest BCUT2D eigenvalue weighted by atomic mass is 10.2. The molecule has 1 aliphatic heterocycles. The third-order valence-corrected chi connectivity index (χ3v) is 6.16. The maximum atomic E-state index is 13.0. The Balaban J connectivity index is 1.77. The molecule has 0 unspecified atom stereocenters. The number of hydrogen-bond acceptors (Lipinski definition) is 7. The third-order valence-electron chi connectivity index (χ3n) is 5.30. The maximum Gasteiger partial charge on any atom is 0.332 e. The van der Waals surface area contributed by atoms with Crippen LogP contribution >= 0.6 is 11.8 Å². The molecule has 1 fully saturated rings. The van der Waals surface area contributed by atoms with E-state index in [4.69, 9.17) is 4.98 Å². The van der Waals surface area contributed by atoms with Crippen molar-refractivity contribution in [3.05, 3.63) is 39.3 Å². The molecule has 3 aromatic rings. The van der Waals surface area contributed by atoms with E-state index in [1.165, 1.54) is 36.2 Å². The van der Waals surface area contributed by atoms with Crippen LogP contribution in [0.2, 0.25) is 0 Å². The molecule has 0 radical (unpaired) electrons. The first-order chi connectivity index (χ1) is 14.1. The SMILES string of the molecule is Cn1c(=O)c2c(nc(N3CCCCCC3)n2CCSc2ncccn2)n(C)c1=O. The van der Waals surface area contributed by atoms with Gasteiger partial charge in [0.2, 0.25) is 5.95 Å². The van der Waals surface area contributed by atoms with Crippen LogP contribution in [0.5, 0.6) is 0 Å². The molecular weight excluding hydrogens is 390 g/mol. The molecule has 0 aromatic carbocycles. The fourth-order valence-corrected chi connectivity index (χ4v) is 4.47. The highest BCUT2D eigenvalue weighted by Gasteiger charge is 2.23. The van der Waals surface area contributed by atoms with Gasteiger partial charge in [0.05, 0.1) is 0 Å².